The molecule has 5 heteroatoms. The monoisotopic (exact) mass is 335 g/mol. The second-order valence-electron chi connectivity index (χ2n) is 4.88. The smallest absolute Gasteiger partial charge is 0.315 e. The summed E-state index contributed by atoms with van der Waals surface area (Å²) in [4.78, 5) is 17.2. The molecule has 118 valence electrons. The summed E-state index contributed by atoms with van der Waals surface area (Å²) >= 11 is 3.29. The Kier molecular flexibility index (Phi) is 6.46. The van der Waals surface area contributed by atoms with Crippen molar-refractivity contribution in [2.75, 3.05) is 12.4 Å². The van der Waals surface area contributed by atoms with Crippen LogP contribution in [0.1, 0.15) is 30.0 Å². The summed E-state index contributed by atoms with van der Waals surface area (Å²) in [5.41, 5.74) is 3.55. The van der Waals surface area contributed by atoms with Crippen LogP contribution in [0.4, 0.5) is 0 Å². The highest BCUT2D eigenvalue weighted by molar-refractivity contribution is 7.99. The van der Waals surface area contributed by atoms with Crippen LogP contribution >= 0.6 is 23.1 Å². The molecule has 22 heavy (non-hydrogen) atoms. The van der Waals surface area contributed by atoms with Crippen LogP contribution in [0.25, 0.3) is 10.6 Å². The number of aromatic nitrogens is 1. The van der Waals surface area contributed by atoms with Gasteiger partial charge in [-0.05, 0) is 25.8 Å². The maximum Gasteiger partial charge on any atom is 0.315 e. The minimum Gasteiger partial charge on any atom is -0.465 e. The third kappa shape index (κ3) is 4.58. The van der Waals surface area contributed by atoms with Crippen molar-refractivity contribution >= 4 is 29.1 Å². The van der Waals surface area contributed by atoms with Gasteiger partial charge >= 0.3 is 5.97 Å². The molecule has 1 aromatic heterocycles. The number of ether oxygens (including phenoxy) is 1. The van der Waals surface area contributed by atoms with Crippen LogP contribution in [0.15, 0.2) is 24.3 Å². The number of esters is 1. The van der Waals surface area contributed by atoms with E-state index in [0.717, 1.165) is 28.4 Å². The van der Waals surface area contributed by atoms with Crippen LogP contribution in [0.2, 0.25) is 0 Å². The predicted octanol–water partition coefficient (Wildman–Crippen LogP) is 4.48. The van der Waals surface area contributed by atoms with E-state index in [2.05, 4.69) is 36.2 Å². The normalized spacial score (nSPS) is 10.7. The van der Waals surface area contributed by atoms with Gasteiger partial charge in [0.15, 0.2) is 0 Å². The summed E-state index contributed by atoms with van der Waals surface area (Å²) in [6, 6.07) is 8.57. The van der Waals surface area contributed by atoms with Crippen LogP contribution in [0.3, 0.4) is 0 Å². The number of nitrogens with zero attached hydrogens (tertiary/aromatic N) is 1. The molecular weight excluding hydrogens is 314 g/mol. The lowest BCUT2D eigenvalue weighted by Gasteiger charge is -2.01. The van der Waals surface area contributed by atoms with E-state index in [0.29, 0.717) is 12.4 Å². The molecule has 2 aromatic rings. The molecule has 0 amide bonds. The number of thioether (sulfide) groups is 1. The third-order valence-electron chi connectivity index (χ3n) is 3.26. The van der Waals surface area contributed by atoms with Crippen LogP contribution in [0.5, 0.6) is 0 Å². The second kappa shape index (κ2) is 8.34. The molecule has 0 aliphatic heterocycles. The lowest BCUT2D eigenvalue weighted by atomic mass is 10.1. The minimum absolute atomic E-state index is 0.148. The Hall–Kier alpha value is -1.33. The SMILES string of the molecule is CCOC(=O)CSCc1sc(-c2ccc(CC)cc2)nc1C. The number of thiazole rings is 1. The van der Waals surface area contributed by atoms with Gasteiger partial charge in [0.1, 0.15) is 5.01 Å². The van der Waals surface area contributed by atoms with Gasteiger partial charge in [-0.3, -0.25) is 4.79 Å². The zero-order valence-corrected chi connectivity index (χ0v) is 14.9. The van der Waals surface area contributed by atoms with Gasteiger partial charge in [0, 0.05) is 16.2 Å². The Bertz CT molecular complexity index is 620. The molecule has 0 N–H and O–H groups in total. The average molecular weight is 335 g/mol. The molecule has 1 aromatic carbocycles. The zero-order valence-electron chi connectivity index (χ0n) is 13.2. The molecule has 0 spiro atoms. The van der Waals surface area contributed by atoms with Crippen molar-refractivity contribution in [3.05, 3.63) is 40.4 Å². The average Bonchev–Trinajstić information content (AvgIpc) is 2.89. The molecule has 1 heterocycles. The molecule has 0 fully saturated rings. The number of rotatable bonds is 7. The van der Waals surface area contributed by atoms with Crippen molar-refractivity contribution in [3.63, 3.8) is 0 Å². The Morgan fingerprint density at radius 2 is 2.00 bits per heavy atom. The van der Waals surface area contributed by atoms with Gasteiger partial charge in [0.2, 0.25) is 0 Å². The number of carbonyl (C=O) groups is 1. The molecule has 0 aliphatic rings. The lowest BCUT2D eigenvalue weighted by Crippen LogP contribution is -2.06. The number of benzene rings is 1. The summed E-state index contributed by atoms with van der Waals surface area (Å²) in [5, 5.41) is 1.05. The van der Waals surface area contributed by atoms with E-state index in [9.17, 15) is 4.79 Å². The highest BCUT2D eigenvalue weighted by Crippen LogP contribution is 2.30. The Morgan fingerprint density at radius 3 is 2.64 bits per heavy atom. The Morgan fingerprint density at radius 1 is 1.27 bits per heavy atom. The molecule has 0 radical (unpaired) electrons. The fraction of sp³-hybridized carbons (Fsp3) is 0.412. The first-order chi connectivity index (χ1) is 10.6. The third-order valence-corrected chi connectivity index (χ3v) is 5.58. The number of hydrogen-bond acceptors (Lipinski definition) is 5. The summed E-state index contributed by atoms with van der Waals surface area (Å²) in [5.74, 6) is 1.05. The van der Waals surface area contributed by atoms with Crippen molar-refractivity contribution in [3.8, 4) is 10.6 Å². The van der Waals surface area contributed by atoms with E-state index >= 15 is 0 Å². The fourth-order valence-corrected chi connectivity index (χ4v) is 4.09. The topological polar surface area (TPSA) is 39.2 Å². The van der Waals surface area contributed by atoms with Gasteiger partial charge in [0.05, 0.1) is 18.1 Å². The zero-order chi connectivity index (χ0) is 15.9. The summed E-state index contributed by atoms with van der Waals surface area (Å²) < 4.78 is 4.93. The van der Waals surface area contributed by atoms with E-state index in [1.807, 2.05) is 13.8 Å². The highest BCUT2D eigenvalue weighted by Gasteiger charge is 2.10. The number of aryl methyl sites for hydroxylation is 2. The molecule has 0 atom stereocenters. The van der Waals surface area contributed by atoms with Crippen LogP contribution in [-0.2, 0) is 21.7 Å². The maximum absolute atomic E-state index is 11.3. The van der Waals surface area contributed by atoms with Crippen molar-refractivity contribution in [1.82, 2.24) is 4.98 Å². The van der Waals surface area contributed by atoms with E-state index in [4.69, 9.17) is 4.74 Å². The Labute approximate surface area is 140 Å². The molecular formula is C17H21NO2S2. The number of hydrogen-bond donors (Lipinski definition) is 0. The van der Waals surface area contributed by atoms with Crippen molar-refractivity contribution in [2.45, 2.75) is 32.9 Å². The van der Waals surface area contributed by atoms with Crippen LogP contribution in [0, 0.1) is 6.92 Å². The first-order valence-corrected chi connectivity index (χ1v) is 9.40. The van der Waals surface area contributed by atoms with Crippen molar-refractivity contribution in [1.29, 1.82) is 0 Å². The maximum atomic E-state index is 11.3. The van der Waals surface area contributed by atoms with E-state index in [1.54, 1.807) is 23.1 Å². The van der Waals surface area contributed by atoms with Gasteiger partial charge in [-0.1, -0.05) is 31.2 Å². The second-order valence-corrected chi connectivity index (χ2v) is 6.95. The van der Waals surface area contributed by atoms with Crippen molar-refractivity contribution < 1.29 is 9.53 Å². The molecule has 0 aliphatic carbocycles. The van der Waals surface area contributed by atoms with Gasteiger partial charge < -0.3 is 4.74 Å². The van der Waals surface area contributed by atoms with Crippen LogP contribution < -0.4 is 0 Å². The fourth-order valence-electron chi connectivity index (χ4n) is 2.00. The van der Waals surface area contributed by atoms with Crippen LogP contribution in [-0.4, -0.2) is 23.3 Å². The van der Waals surface area contributed by atoms with E-state index in [1.165, 1.54) is 10.4 Å². The number of carbonyl (C=O) groups excluding carboxylic acids is 1. The van der Waals surface area contributed by atoms with Crippen molar-refractivity contribution in [2.24, 2.45) is 0 Å². The quantitative estimate of drug-likeness (QED) is 0.700. The van der Waals surface area contributed by atoms with Gasteiger partial charge in [0.25, 0.3) is 0 Å². The standard InChI is InChI=1S/C17H21NO2S2/c1-4-13-6-8-14(9-7-13)17-18-12(3)15(22-17)10-21-11-16(19)20-5-2/h6-9H,4-5,10-11H2,1-3H3. The van der Waals surface area contributed by atoms with Gasteiger partial charge in [-0.25, -0.2) is 4.98 Å². The summed E-state index contributed by atoms with van der Waals surface area (Å²) in [7, 11) is 0. The van der Waals surface area contributed by atoms with E-state index in [-0.39, 0.29) is 5.97 Å². The van der Waals surface area contributed by atoms with Gasteiger partial charge in [-0.15, -0.1) is 23.1 Å². The Balaban J connectivity index is 1.99. The largest absolute Gasteiger partial charge is 0.465 e. The predicted molar refractivity (Wildman–Crippen MR) is 94.5 cm³/mol. The molecule has 3 nitrogen and oxygen atoms in total. The molecule has 0 saturated heterocycles. The first kappa shape index (κ1) is 17.0. The molecule has 0 unspecified atom stereocenters. The lowest BCUT2D eigenvalue weighted by molar-refractivity contribution is -0.139. The summed E-state index contributed by atoms with van der Waals surface area (Å²) in [6.07, 6.45) is 1.05. The summed E-state index contributed by atoms with van der Waals surface area (Å²) in [6.45, 7) is 6.45. The van der Waals surface area contributed by atoms with E-state index < -0.39 is 0 Å². The van der Waals surface area contributed by atoms with Gasteiger partial charge in [-0.2, -0.15) is 0 Å². The highest BCUT2D eigenvalue weighted by atomic mass is 32.2. The first-order valence-electron chi connectivity index (χ1n) is 7.43. The molecule has 2 rings (SSSR count). The minimum atomic E-state index is -0.148. The molecule has 0 saturated carbocycles. The molecule has 0 bridgehead atoms.